The first-order valence-electron chi connectivity index (χ1n) is 8.50. The maximum absolute atomic E-state index is 12.5. The normalized spacial score (nSPS) is 15.7. The molecule has 2 aromatic carbocycles. The van der Waals surface area contributed by atoms with Crippen molar-refractivity contribution in [1.82, 2.24) is 9.80 Å². The van der Waals surface area contributed by atoms with Gasteiger partial charge in [0, 0.05) is 24.2 Å². The van der Waals surface area contributed by atoms with Crippen molar-refractivity contribution < 1.29 is 9.59 Å². The molecule has 0 N–H and O–H groups in total. The lowest BCUT2D eigenvalue weighted by Crippen LogP contribution is -2.32. The number of nitrogens with zero attached hydrogens (tertiary/aromatic N) is 2. The Morgan fingerprint density at radius 3 is 1.31 bits per heavy atom. The molecule has 0 saturated heterocycles. The quantitative estimate of drug-likeness (QED) is 0.589. The Balaban J connectivity index is 1.35. The molecule has 130 valence electrons. The van der Waals surface area contributed by atoms with Gasteiger partial charge in [0.25, 0.3) is 11.8 Å². The van der Waals surface area contributed by atoms with Gasteiger partial charge >= 0.3 is 0 Å². The number of carbonyl (C=O) groups is 2. The highest BCUT2D eigenvalue weighted by molar-refractivity contribution is 7.81. The number of hydrogen-bond acceptors (Lipinski definition) is 4. The zero-order valence-corrected chi connectivity index (χ0v) is 15.6. The van der Waals surface area contributed by atoms with Gasteiger partial charge in [0.2, 0.25) is 0 Å². The maximum Gasteiger partial charge on any atom is 0.259 e. The number of amides is 2. The van der Waals surface area contributed by atoms with E-state index >= 15 is 0 Å². The summed E-state index contributed by atoms with van der Waals surface area (Å²) in [5.74, 6) is -0.0726. The van der Waals surface area contributed by atoms with Gasteiger partial charge in [0.1, 0.15) is 9.98 Å². The SMILES string of the molecule is O=C1c2ccccc2C(=S)N1CCCCN1C(=O)c2ccccc2C1=S. The van der Waals surface area contributed by atoms with Crippen molar-refractivity contribution in [3.8, 4) is 0 Å². The van der Waals surface area contributed by atoms with E-state index in [4.69, 9.17) is 24.4 Å². The minimum Gasteiger partial charge on any atom is -0.298 e. The molecule has 0 spiro atoms. The highest BCUT2D eigenvalue weighted by Crippen LogP contribution is 2.25. The molecule has 0 aromatic heterocycles. The van der Waals surface area contributed by atoms with Gasteiger partial charge < -0.3 is 0 Å². The Kier molecular flexibility index (Phi) is 4.38. The Morgan fingerprint density at radius 1 is 0.615 bits per heavy atom. The Labute approximate surface area is 162 Å². The molecule has 0 unspecified atom stereocenters. The third kappa shape index (κ3) is 2.66. The third-order valence-corrected chi connectivity index (χ3v) is 5.65. The molecule has 2 amide bonds. The van der Waals surface area contributed by atoms with E-state index in [1.54, 1.807) is 9.80 Å². The van der Waals surface area contributed by atoms with Crippen LogP contribution < -0.4 is 0 Å². The van der Waals surface area contributed by atoms with E-state index in [1.807, 2.05) is 48.5 Å². The Bertz CT molecular complexity index is 807. The number of rotatable bonds is 5. The summed E-state index contributed by atoms with van der Waals surface area (Å²) in [4.78, 5) is 29.4. The molecular weight excluding hydrogens is 364 g/mol. The second kappa shape index (κ2) is 6.70. The molecule has 0 aliphatic carbocycles. The molecule has 2 heterocycles. The fourth-order valence-electron chi connectivity index (χ4n) is 3.42. The van der Waals surface area contributed by atoms with Crippen molar-refractivity contribution in [1.29, 1.82) is 0 Å². The first-order chi connectivity index (χ1) is 12.6. The predicted octanol–water partition coefficient (Wildman–Crippen LogP) is 3.43. The van der Waals surface area contributed by atoms with Gasteiger partial charge in [0.05, 0.1) is 11.1 Å². The van der Waals surface area contributed by atoms with Crippen molar-refractivity contribution in [2.75, 3.05) is 13.1 Å². The van der Waals surface area contributed by atoms with Crippen molar-refractivity contribution in [2.24, 2.45) is 0 Å². The van der Waals surface area contributed by atoms with E-state index in [0.717, 1.165) is 24.0 Å². The van der Waals surface area contributed by atoms with Gasteiger partial charge in [0.15, 0.2) is 0 Å². The van der Waals surface area contributed by atoms with Crippen molar-refractivity contribution >= 4 is 46.2 Å². The van der Waals surface area contributed by atoms with Crippen LogP contribution in [0.15, 0.2) is 48.5 Å². The Hall–Kier alpha value is -2.44. The highest BCUT2D eigenvalue weighted by atomic mass is 32.1. The highest BCUT2D eigenvalue weighted by Gasteiger charge is 2.33. The molecule has 0 saturated carbocycles. The van der Waals surface area contributed by atoms with Crippen LogP contribution in [0, 0.1) is 0 Å². The lowest BCUT2D eigenvalue weighted by molar-refractivity contribution is 0.0839. The molecular formula is C20H16N2O2S2. The van der Waals surface area contributed by atoms with Crippen LogP contribution in [0.3, 0.4) is 0 Å². The van der Waals surface area contributed by atoms with Gasteiger partial charge in [-0.1, -0.05) is 60.8 Å². The fraction of sp³-hybridized carbons (Fsp3) is 0.200. The summed E-state index contributed by atoms with van der Waals surface area (Å²) in [6, 6.07) is 14.9. The van der Waals surface area contributed by atoms with Gasteiger partial charge in [-0.3, -0.25) is 19.4 Å². The maximum atomic E-state index is 12.5. The van der Waals surface area contributed by atoms with Gasteiger partial charge in [-0.25, -0.2) is 0 Å². The number of carbonyl (C=O) groups excluding carboxylic acids is 2. The number of fused-ring (bicyclic) bond motifs is 2. The van der Waals surface area contributed by atoms with Gasteiger partial charge in [-0.15, -0.1) is 0 Å². The molecule has 2 aromatic rings. The molecule has 0 radical (unpaired) electrons. The minimum absolute atomic E-state index is 0.0363. The summed E-state index contributed by atoms with van der Waals surface area (Å²) >= 11 is 10.9. The van der Waals surface area contributed by atoms with E-state index < -0.39 is 0 Å². The summed E-state index contributed by atoms with van der Waals surface area (Å²) in [6.07, 6.45) is 1.51. The van der Waals surface area contributed by atoms with E-state index in [2.05, 4.69) is 0 Å². The molecule has 4 nitrogen and oxygen atoms in total. The van der Waals surface area contributed by atoms with Crippen molar-refractivity contribution in [3.05, 3.63) is 70.8 Å². The minimum atomic E-state index is -0.0363. The fourth-order valence-corrected chi connectivity index (χ4v) is 4.13. The van der Waals surface area contributed by atoms with Crippen molar-refractivity contribution in [3.63, 3.8) is 0 Å². The lowest BCUT2D eigenvalue weighted by Gasteiger charge is -2.18. The second-order valence-corrected chi connectivity index (χ2v) is 7.10. The predicted molar refractivity (Wildman–Crippen MR) is 108 cm³/mol. The van der Waals surface area contributed by atoms with E-state index in [9.17, 15) is 9.59 Å². The summed E-state index contributed by atoms with van der Waals surface area (Å²) in [5.41, 5.74) is 3.00. The Morgan fingerprint density at radius 2 is 0.962 bits per heavy atom. The van der Waals surface area contributed by atoms with Crippen molar-refractivity contribution in [2.45, 2.75) is 12.8 Å². The van der Waals surface area contributed by atoms with Crippen LogP contribution in [0.25, 0.3) is 0 Å². The molecule has 26 heavy (non-hydrogen) atoms. The third-order valence-electron chi connectivity index (χ3n) is 4.77. The number of thiocarbonyl (C=S) groups is 2. The first kappa shape index (κ1) is 17.0. The molecule has 0 atom stereocenters. The largest absolute Gasteiger partial charge is 0.298 e. The van der Waals surface area contributed by atoms with Crippen LogP contribution >= 0.6 is 24.4 Å². The second-order valence-electron chi connectivity index (χ2n) is 6.32. The summed E-state index contributed by atoms with van der Waals surface area (Å²) in [7, 11) is 0. The molecule has 0 bridgehead atoms. The monoisotopic (exact) mass is 380 g/mol. The number of hydrogen-bond donors (Lipinski definition) is 0. The van der Waals surface area contributed by atoms with Crippen LogP contribution in [-0.4, -0.2) is 44.7 Å². The molecule has 2 aliphatic rings. The zero-order chi connectivity index (χ0) is 18.3. The number of unbranched alkanes of at least 4 members (excludes halogenated alkanes) is 1. The van der Waals surface area contributed by atoms with Crippen LogP contribution in [0.1, 0.15) is 44.7 Å². The standard InChI is InChI=1S/C20H16N2O2S2/c23-17-13-7-1-3-9-15(13)19(25)21(17)11-5-6-12-22-18(24)14-8-2-4-10-16(14)20(22)26/h1-4,7-10H,5-6,11-12H2. The van der Waals surface area contributed by atoms with Crippen LogP contribution in [0.5, 0.6) is 0 Å². The average Bonchev–Trinajstić information content (AvgIpc) is 3.06. The van der Waals surface area contributed by atoms with Crippen LogP contribution in [0.4, 0.5) is 0 Å². The summed E-state index contributed by atoms with van der Waals surface area (Å²) in [6.45, 7) is 1.10. The van der Waals surface area contributed by atoms with E-state index in [1.165, 1.54) is 0 Å². The molecule has 6 heteroatoms. The molecule has 0 fully saturated rings. The van der Waals surface area contributed by atoms with E-state index in [-0.39, 0.29) is 11.8 Å². The van der Waals surface area contributed by atoms with E-state index in [0.29, 0.717) is 34.2 Å². The van der Waals surface area contributed by atoms with Gasteiger partial charge in [-0.05, 0) is 25.0 Å². The first-order valence-corrected chi connectivity index (χ1v) is 9.31. The smallest absolute Gasteiger partial charge is 0.259 e. The summed E-state index contributed by atoms with van der Waals surface area (Å²) in [5, 5.41) is 0. The lowest BCUT2D eigenvalue weighted by atomic mass is 10.1. The zero-order valence-electron chi connectivity index (χ0n) is 14.0. The van der Waals surface area contributed by atoms with Crippen LogP contribution in [0.2, 0.25) is 0 Å². The topological polar surface area (TPSA) is 40.6 Å². The van der Waals surface area contributed by atoms with Crippen LogP contribution in [-0.2, 0) is 0 Å². The molecule has 2 aliphatic heterocycles. The van der Waals surface area contributed by atoms with Gasteiger partial charge in [-0.2, -0.15) is 0 Å². The average molecular weight is 380 g/mol. The molecule has 4 rings (SSSR count). The summed E-state index contributed by atoms with van der Waals surface area (Å²) < 4.78 is 0. The number of benzene rings is 2.